The van der Waals surface area contributed by atoms with Gasteiger partial charge in [-0.25, -0.2) is 9.97 Å². The van der Waals surface area contributed by atoms with E-state index in [0.717, 1.165) is 18.3 Å². The third kappa shape index (κ3) is 4.40. The molecule has 0 bridgehead atoms. The maximum absolute atomic E-state index is 12.3. The summed E-state index contributed by atoms with van der Waals surface area (Å²) in [5.41, 5.74) is -0.976. The van der Waals surface area contributed by atoms with E-state index < -0.39 is 17.8 Å². The number of alkyl halides is 3. The molecule has 116 valence electrons. The van der Waals surface area contributed by atoms with Gasteiger partial charge < -0.3 is 10.6 Å². The molecule has 0 saturated heterocycles. The SMILES string of the molecule is O=C(NCCNc1ncccn1)c1ccc(C(F)(F)F)nc1. The highest BCUT2D eigenvalue weighted by molar-refractivity contribution is 5.93. The van der Waals surface area contributed by atoms with Crippen molar-refractivity contribution < 1.29 is 18.0 Å². The molecule has 0 radical (unpaired) electrons. The Hall–Kier alpha value is -2.71. The van der Waals surface area contributed by atoms with Crippen LogP contribution >= 0.6 is 0 Å². The molecule has 0 aliphatic heterocycles. The summed E-state index contributed by atoms with van der Waals surface area (Å²) < 4.78 is 37.0. The Morgan fingerprint density at radius 1 is 1.09 bits per heavy atom. The Labute approximate surface area is 123 Å². The molecule has 1 amide bonds. The van der Waals surface area contributed by atoms with Crippen molar-refractivity contribution in [3.05, 3.63) is 48.0 Å². The van der Waals surface area contributed by atoms with Gasteiger partial charge in [0.1, 0.15) is 5.69 Å². The van der Waals surface area contributed by atoms with Gasteiger partial charge >= 0.3 is 6.18 Å². The van der Waals surface area contributed by atoms with Crippen molar-refractivity contribution in [1.82, 2.24) is 20.3 Å². The summed E-state index contributed by atoms with van der Waals surface area (Å²) >= 11 is 0. The lowest BCUT2D eigenvalue weighted by atomic mass is 10.2. The quantitative estimate of drug-likeness (QED) is 0.822. The number of halogens is 3. The molecule has 9 heteroatoms. The summed E-state index contributed by atoms with van der Waals surface area (Å²) in [6, 6.07) is 3.52. The number of carbonyl (C=O) groups excluding carboxylic acids is 1. The smallest absolute Gasteiger partial charge is 0.352 e. The third-order valence-electron chi connectivity index (χ3n) is 2.58. The second-order valence-electron chi connectivity index (χ2n) is 4.18. The molecule has 2 rings (SSSR count). The van der Waals surface area contributed by atoms with Gasteiger partial charge in [-0.15, -0.1) is 0 Å². The van der Waals surface area contributed by atoms with Crippen LogP contribution in [0.2, 0.25) is 0 Å². The summed E-state index contributed by atoms with van der Waals surface area (Å²) in [6.07, 6.45) is -0.482. The molecule has 0 fully saturated rings. The average Bonchev–Trinajstić information content (AvgIpc) is 2.52. The number of nitrogens with one attached hydrogen (secondary N) is 2. The van der Waals surface area contributed by atoms with Crippen molar-refractivity contribution in [2.24, 2.45) is 0 Å². The lowest BCUT2D eigenvalue weighted by molar-refractivity contribution is -0.141. The summed E-state index contributed by atoms with van der Waals surface area (Å²) in [5.74, 6) is -0.0787. The van der Waals surface area contributed by atoms with Gasteiger partial charge in [0, 0.05) is 31.7 Å². The topological polar surface area (TPSA) is 79.8 Å². The largest absolute Gasteiger partial charge is 0.433 e. The van der Waals surface area contributed by atoms with E-state index in [0.29, 0.717) is 12.5 Å². The summed E-state index contributed by atoms with van der Waals surface area (Å²) in [7, 11) is 0. The fraction of sp³-hybridized carbons (Fsp3) is 0.231. The maximum Gasteiger partial charge on any atom is 0.433 e. The van der Waals surface area contributed by atoms with Crippen molar-refractivity contribution >= 4 is 11.9 Å². The van der Waals surface area contributed by atoms with E-state index in [9.17, 15) is 18.0 Å². The number of nitrogens with zero attached hydrogens (tertiary/aromatic N) is 3. The van der Waals surface area contributed by atoms with E-state index in [1.54, 1.807) is 18.5 Å². The molecule has 0 aromatic carbocycles. The van der Waals surface area contributed by atoms with Gasteiger partial charge in [-0.2, -0.15) is 13.2 Å². The third-order valence-corrected chi connectivity index (χ3v) is 2.58. The molecule has 2 aromatic heterocycles. The lowest BCUT2D eigenvalue weighted by Gasteiger charge is -2.08. The standard InChI is InChI=1S/C13H12F3N5O/c14-13(15,16)10-3-2-9(8-21-10)11(22)17-6-7-20-12-18-4-1-5-19-12/h1-5,8H,6-7H2,(H,17,22)(H,18,19,20). The van der Waals surface area contributed by atoms with Crippen LogP contribution in [0.4, 0.5) is 19.1 Å². The number of rotatable bonds is 5. The van der Waals surface area contributed by atoms with Crippen molar-refractivity contribution in [3.63, 3.8) is 0 Å². The number of anilines is 1. The lowest BCUT2D eigenvalue weighted by Crippen LogP contribution is -2.29. The molecule has 6 nitrogen and oxygen atoms in total. The van der Waals surface area contributed by atoms with Crippen molar-refractivity contribution in [2.45, 2.75) is 6.18 Å². The Morgan fingerprint density at radius 2 is 1.82 bits per heavy atom. The van der Waals surface area contributed by atoms with Crippen molar-refractivity contribution in [2.75, 3.05) is 18.4 Å². The second kappa shape index (κ2) is 6.83. The first-order valence-electron chi connectivity index (χ1n) is 6.29. The molecule has 2 aromatic rings. The predicted octanol–water partition coefficient (Wildman–Crippen LogP) is 1.73. The van der Waals surface area contributed by atoms with Gasteiger partial charge in [0.25, 0.3) is 5.91 Å². The van der Waals surface area contributed by atoms with Gasteiger partial charge in [-0.05, 0) is 18.2 Å². The van der Waals surface area contributed by atoms with Crippen LogP contribution in [0.15, 0.2) is 36.8 Å². The van der Waals surface area contributed by atoms with E-state index in [2.05, 4.69) is 25.6 Å². The number of pyridine rings is 1. The fourth-order valence-electron chi connectivity index (χ4n) is 1.54. The highest BCUT2D eigenvalue weighted by Crippen LogP contribution is 2.27. The molecule has 2 N–H and O–H groups in total. The number of aromatic nitrogens is 3. The summed E-state index contributed by atoms with van der Waals surface area (Å²) in [5, 5.41) is 5.43. The van der Waals surface area contributed by atoms with Crippen LogP contribution in [0.1, 0.15) is 16.1 Å². The molecule has 2 heterocycles. The molecular formula is C13H12F3N5O. The fourth-order valence-corrected chi connectivity index (χ4v) is 1.54. The van der Waals surface area contributed by atoms with Crippen LogP contribution in [0.25, 0.3) is 0 Å². The number of carbonyl (C=O) groups is 1. The van der Waals surface area contributed by atoms with E-state index in [4.69, 9.17) is 0 Å². The van der Waals surface area contributed by atoms with Crippen LogP contribution in [-0.4, -0.2) is 33.9 Å². The minimum Gasteiger partial charge on any atom is -0.352 e. The van der Waals surface area contributed by atoms with E-state index >= 15 is 0 Å². The first-order valence-corrected chi connectivity index (χ1v) is 6.29. The normalized spacial score (nSPS) is 11.0. The van der Waals surface area contributed by atoms with Crippen LogP contribution < -0.4 is 10.6 Å². The van der Waals surface area contributed by atoms with Crippen molar-refractivity contribution in [1.29, 1.82) is 0 Å². The zero-order valence-corrected chi connectivity index (χ0v) is 11.3. The van der Waals surface area contributed by atoms with Gasteiger partial charge in [0.2, 0.25) is 5.95 Å². The second-order valence-corrected chi connectivity index (χ2v) is 4.18. The van der Waals surface area contributed by atoms with Crippen LogP contribution in [0, 0.1) is 0 Å². The van der Waals surface area contributed by atoms with Gasteiger partial charge in [-0.1, -0.05) is 0 Å². The van der Waals surface area contributed by atoms with Crippen LogP contribution in [-0.2, 0) is 6.18 Å². The van der Waals surface area contributed by atoms with Crippen LogP contribution in [0.5, 0.6) is 0 Å². The summed E-state index contributed by atoms with van der Waals surface area (Å²) in [4.78, 5) is 22.8. The molecule has 0 saturated carbocycles. The Morgan fingerprint density at radius 3 is 2.41 bits per heavy atom. The Balaban J connectivity index is 1.80. The summed E-state index contributed by atoms with van der Waals surface area (Å²) in [6.45, 7) is 0.641. The maximum atomic E-state index is 12.3. The molecule has 22 heavy (non-hydrogen) atoms. The zero-order chi connectivity index (χ0) is 16.0. The van der Waals surface area contributed by atoms with Gasteiger partial charge in [0.05, 0.1) is 5.56 Å². The zero-order valence-electron chi connectivity index (χ0n) is 11.3. The first-order chi connectivity index (χ1) is 10.5. The highest BCUT2D eigenvalue weighted by Gasteiger charge is 2.32. The Kier molecular flexibility index (Phi) is 4.87. The van der Waals surface area contributed by atoms with E-state index in [-0.39, 0.29) is 12.1 Å². The average molecular weight is 311 g/mol. The molecule has 0 aliphatic carbocycles. The number of hydrogen-bond acceptors (Lipinski definition) is 5. The Bertz CT molecular complexity index is 616. The van der Waals surface area contributed by atoms with Crippen molar-refractivity contribution in [3.8, 4) is 0 Å². The molecule has 0 unspecified atom stereocenters. The monoisotopic (exact) mass is 311 g/mol. The number of amides is 1. The van der Waals surface area contributed by atoms with Gasteiger partial charge in [0.15, 0.2) is 0 Å². The van der Waals surface area contributed by atoms with Crippen LogP contribution in [0.3, 0.4) is 0 Å². The first kappa shape index (κ1) is 15.7. The highest BCUT2D eigenvalue weighted by atomic mass is 19.4. The van der Waals surface area contributed by atoms with Gasteiger partial charge in [-0.3, -0.25) is 9.78 Å². The molecule has 0 spiro atoms. The minimum atomic E-state index is -4.52. The molecular weight excluding hydrogens is 299 g/mol. The minimum absolute atomic E-state index is 0.0592. The van der Waals surface area contributed by atoms with E-state index in [1.165, 1.54) is 0 Å². The molecule has 0 aliphatic rings. The number of hydrogen-bond donors (Lipinski definition) is 2. The van der Waals surface area contributed by atoms with E-state index in [1.807, 2.05) is 0 Å². The predicted molar refractivity (Wildman–Crippen MR) is 72.1 cm³/mol. The molecule has 0 atom stereocenters.